The molecule has 3 heterocycles. The number of fused-ring (bicyclic) bond motifs is 1. The van der Waals surface area contributed by atoms with E-state index in [1.54, 1.807) is 6.07 Å². The number of carbonyl (C=O) groups is 2. The van der Waals surface area contributed by atoms with Gasteiger partial charge in [0.2, 0.25) is 5.91 Å². The fourth-order valence-corrected chi connectivity index (χ4v) is 5.35. The van der Waals surface area contributed by atoms with E-state index in [9.17, 15) is 9.59 Å². The molecule has 3 aromatic rings. The molecular weight excluding hydrogens is 450 g/mol. The van der Waals surface area contributed by atoms with Gasteiger partial charge in [0, 0.05) is 48.0 Å². The van der Waals surface area contributed by atoms with Crippen LogP contribution in [0.4, 0.5) is 0 Å². The summed E-state index contributed by atoms with van der Waals surface area (Å²) in [6.45, 7) is 2.09. The van der Waals surface area contributed by atoms with Crippen LogP contribution < -0.4 is 0 Å². The van der Waals surface area contributed by atoms with E-state index in [2.05, 4.69) is 6.07 Å². The van der Waals surface area contributed by atoms with Crippen molar-refractivity contribution in [2.75, 3.05) is 19.6 Å². The van der Waals surface area contributed by atoms with E-state index < -0.39 is 5.54 Å². The Labute approximate surface area is 209 Å². The van der Waals surface area contributed by atoms with E-state index >= 15 is 0 Å². The summed E-state index contributed by atoms with van der Waals surface area (Å²) in [6.07, 6.45) is 3.68. The molecule has 178 valence electrons. The second-order valence-electron chi connectivity index (χ2n) is 10.6. The molecule has 2 amide bonds. The first-order valence-electron chi connectivity index (χ1n) is 12.7. The molecule has 1 saturated heterocycles. The smallest absolute Gasteiger partial charge is 0.256 e. The van der Waals surface area contributed by atoms with Crippen LogP contribution in [0.1, 0.15) is 36.8 Å². The number of amidine groups is 1. The Bertz CT molecular complexity index is 1490. The molecule has 2 saturated carbocycles. The standard InChI is InChI=1S/C29H25N5O2/c30-14-18-1-9-25-23(13-18)8-10-24(31-25)20-2-4-21(5-3-20)26-32-29(11-12-29)28(36)34(26)17-19-15-33(16-19)27(35)22-6-7-22/h1-5,8-10,13,19,22H,6-7,11-12,15-17H2. The van der Waals surface area contributed by atoms with E-state index in [1.165, 1.54) is 0 Å². The van der Waals surface area contributed by atoms with Gasteiger partial charge in [0.15, 0.2) is 0 Å². The Morgan fingerprint density at radius 3 is 2.47 bits per heavy atom. The van der Waals surface area contributed by atoms with Crippen LogP contribution in [0.3, 0.4) is 0 Å². The molecule has 0 unspecified atom stereocenters. The minimum absolute atomic E-state index is 0.112. The third-order valence-electron chi connectivity index (χ3n) is 7.84. The summed E-state index contributed by atoms with van der Waals surface area (Å²) in [5.74, 6) is 1.71. The zero-order valence-electron chi connectivity index (χ0n) is 19.9. The van der Waals surface area contributed by atoms with Gasteiger partial charge in [-0.2, -0.15) is 5.26 Å². The van der Waals surface area contributed by atoms with Crippen molar-refractivity contribution in [1.29, 1.82) is 5.26 Å². The number of nitrogens with zero attached hydrogens (tertiary/aromatic N) is 5. The third-order valence-corrected chi connectivity index (χ3v) is 7.84. The highest BCUT2D eigenvalue weighted by Crippen LogP contribution is 2.46. The van der Waals surface area contributed by atoms with Gasteiger partial charge in [-0.05, 0) is 49.9 Å². The van der Waals surface area contributed by atoms with Crippen molar-refractivity contribution in [1.82, 2.24) is 14.8 Å². The zero-order valence-corrected chi connectivity index (χ0v) is 19.9. The molecule has 0 bridgehead atoms. The molecule has 2 aliphatic heterocycles. The molecule has 4 aliphatic rings. The number of hydrogen-bond donors (Lipinski definition) is 0. The predicted molar refractivity (Wildman–Crippen MR) is 135 cm³/mol. The van der Waals surface area contributed by atoms with Gasteiger partial charge in [-0.25, -0.2) is 4.98 Å². The van der Waals surface area contributed by atoms with Gasteiger partial charge in [-0.15, -0.1) is 0 Å². The fraction of sp³-hybridized carbons (Fsp3) is 0.345. The number of pyridine rings is 1. The van der Waals surface area contributed by atoms with Crippen LogP contribution in [-0.4, -0.2) is 57.6 Å². The molecule has 0 N–H and O–H groups in total. The molecule has 2 aliphatic carbocycles. The van der Waals surface area contributed by atoms with Crippen LogP contribution in [0.15, 0.2) is 59.6 Å². The van der Waals surface area contributed by atoms with Crippen molar-refractivity contribution in [3.05, 3.63) is 65.7 Å². The number of likely N-dealkylation sites (tertiary alicyclic amines) is 1. The van der Waals surface area contributed by atoms with Gasteiger partial charge in [0.25, 0.3) is 5.91 Å². The Hall–Kier alpha value is -4.05. The summed E-state index contributed by atoms with van der Waals surface area (Å²) >= 11 is 0. The molecule has 0 radical (unpaired) electrons. The van der Waals surface area contributed by atoms with Gasteiger partial charge in [0.1, 0.15) is 11.4 Å². The topological polar surface area (TPSA) is 89.7 Å². The van der Waals surface area contributed by atoms with Crippen LogP contribution in [0.25, 0.3) is 22.2 Å². The van der Waals surface area contributed by atoms with Crippen molar-refractivity contribution in [3.63, 3.8) is 0 Å². The van der Waals surface area contributed by atoms with E-state index in [0.717, 1.165) is 72.3 Å². The number of hydrogen-bond acceptors (Lipinski definition) is 5. The lowest BCUT2D eigenvalue weighted by Gasteiger charge is -2.41. The Balaban J connectivity index is 1.11. The molecule has 1 spiro atoms. The van der Waals surface area contributed by atoms with Gasteiger partial charge in [0.05, 0.1) is 22.8 Å². The maximum absolute atomic E-state index is 13.2. The lowest BCUT2D eigenvalue weighted by molar-refractivity contribution is -0.139. The lowest BCUT2D eigenvalue weighted by atomic mass is 9.98. The fourth-order valence-electron chi connectivity index (χ4n) is 5.35. The molecule has 2 aromatic carbocycles. The monoisotopic (exact) mass is 475 g/mol. The van der Waals surface area contributed by atoms with Crippen molar-refractivity contribution in [2.24, 2.45) is 16.8 Å². The van der Waals surface area contributed by atoms with Gasteiger partial charge >= 0.3 is 0 Å². The normalized spacial score (nSPS) is 20.4. The van der Waals surface area contributed by atoms with E-state index in [0.29, 0.717) is 18.0 Å². The number of rotatable bonds is 5. The number of nitriles is 1. The number of aromatic nitrogens is 1. The van der Waals surface area contributed by atoms with Crippen molar-refractivity contribution < 1.29 is 9.59 Å². The number of amides is 2. The molecule has 0 atom stereocenters. The van der Waals surface area contributed by atoms with Crippen LogP contribution >= 0.6 is 0 Å². The molecule has 7 nitrogen and oxygen atoms in total. The van der Waals surface area contributed by atoms with Gasteiger partial charge in [-0.1, -0.05) is 30.3 Å². The number of benzene rings is 2. The van der Waals surface area contributed by atoms with Crippen LogP contribution in [-0.2, 0) is 9.59 Å². The Morgan fingerprint density at radius 1 is 1.03 bits per heavy atom. The summed E-state index contributed by atoms with van der Waals surface area (Å²) in [6, 6.07) is 19.7. The molecule has 7 rings (SSSR count). The summed E-state index contributed by atoms with van der Waals surface area (Å²) in [4.78, 5) is 39.0. The highest BCUT2D eigenvalue weighted by Gasteiger charge is 2.57. The Morgan fingerprint density at radius 2 is 1.78 bits per heavy atom. The summed E-state index contributed by atoms with van der Waals surface area (Å²) < 4.78 is 0. The van der Waals surface area contributed by atoms with Gasteiger partial charge in [-0.3, -0.25) is 19.5 Å². The average Bonchev–Trinajstić information content (AvgIpc) is 3.81. The molecular formula is C29H25N5O2. The van der Waals surface area contributed by atoms with Gasteiger partial charge < -0.3 is 4.90 Å². The highest BCUT2D eigenvalue weighted by molar-refractivity contribution is 6.16. The minimum Gasteiger partial charge on any atom is -0.342 e. The molecule has 36 heavy (non-hydrogen) atoms. The van der Waals surface area contributed by atoms with E-state index in [1.807, 2.05) is 58.3 Å². The van der Waals surface area contributed by atoms with Crippen LogP contribution in [0.2, 0.25) is 0 Å². The van der Waals surface area contributed by atoms with E-state index in [-0.39, 0.29) is 17.7 Å². The van der Waals surface area contributed by atoms with Crippen molar-refractivity contribution in [2.45, 2.75) is 31.2 Å². The maximum atomic E-state index is 13.2. The highest BCUT2D eigenvalue weighted by atomic mass is 16.2. The summed E-state index contributed by atoms with van der Waals surface area (Å²) in [7, 11) is 0. The predicted octanol–water partition coefficient (Wildman–Crippen LogP) is 3.76. The molecule has 3 fully saturated rings. The van der Waals surface area contributed by atoms with Crippen molar-refractivity contribution in [3.8, 4) is 17.3 Å². The quantitative estimate of drug-likeness (QED) is 0.562. The van der Waals surface area contributed by atoms with Crippen molar-refractivity contribution >= 4 is 28.6 Å². The first-order chi connectivity index (χ1) is 17.5. The van der Waals surface area contributed by atoms with Crippen LogP contribution in [0, 0.1) is 23.2 Å². The first-order valence-corrected chi connectivity index (χ1v) is 12.7. The first kappa shape index (κ1) is 21.3. The number of carbonyl (C=O) groups excluding carboxylic acids is 2. The molecule has 1 aromatic heterocycles. The second-order valence-corrected chi connectivity index (χ2v) is 10.6. The maximum Gasteiger partial charge on any atom is 0.256 e. The summed E-state index contributed by atoms with van der Waals surface area (Å²) in [5.41, 5.74) is 3.68. The largest absolute Gasteiger partial charge is 0.342 e. The zero-order chi connectivity index (χ0) is 24.4. The minimum atomic E-state index is -0.552. The average molecular weight is 476 g/mol. The Kier molecular flexibility index (Phi) is 4.56. The van der Waals surface area contributed by atoms with E-state index in [4.69, 9.17) is 15.2 Å². The third kappa shape index (κ3) is 3.48. The summed E-state index contributed by atoms with van der Waals surface area (Å²) in [5, 5.41) is 10.1. The van der Waals surface area contributed by atoms with Crippen LogP contribution in [0.5, 0.6) is 0 Å². The molecule has 7 heteroatoms. The second kappa shape index (κ2) is 7.72. The SMILES string of the molecule is N#Cc1ccc2nc(-c3ccc(C4=NC5(CC5)C(=O)N4CC4CN(C(=O)C5CC5)C4)cc3)ccc2c1. The lowest BCUT2D eigenvalue weighted by Crippen LogP contribution is -2.55. The number of aliphatic imine (C=N–C) groups is 1.